The zero-order valence-electron chi connectivity index (χ0n) is 18.0. The number of nitrogens with one attached hydrogen (secondary N) is 3. The SMILES string of the molecule is CN=C(C)n1cccc(Nc2cc(NC)n3ncc(C(=O)NC4CC[C@H]4C)c3n2)c1=O. The minimum absolute atomic E-state index is 0.179. The van der Waals surface area contributed by atoms with Crippen molar-refractivity contribution in [3.63, 3.8) is 0 Å². The number of anilines is 3. The van der Waals surface area contributed by atoms with Gasteiger partial charge in [0.25, 0.3) is 11.5 Å². The number of aliphatic imine (C=N–C) groups is 1. The third-order valence-electron chi connectivity index (χ3n) is 5.79. The third kappa shape index (κ3) is 3.76. The Labute approximate surface area is 179 Å². The molecular formula is C21H26N8O2. The molecule has 1 aliphatic rings. The van der Waals surface area contributed by atoms with E-state index < -0.39 is 0 Å². The Morgan fingerprint density at radius 1 is 1.32 bits per heavy atom. The summed E-state index contributed by atoms with van der Waals surface area (Å²) < 4.78 is 3.03. The van der Waals surface area contributed by atoms with Gasteiger partial charge in [0.15, 0.2) is 5.65 Å². The lowest BCUT2D eigenvalue weighted by atomic mass is 9.81. The Kier molecular flexibility index (Phi) is 5.45. The number of fused-ring (bicyclic) bond motifs is 1. The molecule has 1 amide bonds. The average molecular weight is 422 g/mol. The monoisotopic (exact) mass is 422 g/mol. The minimum Gasteiger partial charge on any atom is -0.373 e. The lowest BCUT2D eigenvalue weighted by molar-refractivity contribution is 0.0886. The highest BCUT2D eigenvalue weighted by Crippen LogP contribution is 2.27. The maximum Gasteiger partial charge on any atom is 0.279 e. The molecule has 3 N–H and O–H groups in total. The molecule has 1 aliphatic carbocycles. The smallest absolute Gasteiger partial charge is 0.279 e. The van der Waals surface area contributed by atoms with Crippen LogP contribution in [0.25, 0.3) is 5.65 Å². The number of aromatic nitrogens is 4. The van der Waals surface area contributed by atoms with E-state index in [1.165, 1.54) is 10.8 Å². The second kappa shape index (κ2) is 8.21. The Bertz CT molecular complexity index is 1230. The lowest BCUT2D eigenvalue weighted by Gasteiger charge is -2.34. The fourth-order valence-electron chi connectivity index (χ4n) is 3.58. The van der Waals surface area contributed by atoms with E-state index in [-0.39, 0.29) is 17.5 Å². The normalized spacial score (nSPS) is 18.5. The Morgan fingerprint density at radius 2 is 2.13 bits per heavy atom. The highest BCUT2D eigenvalue weighted by Gasteiger charge is 2.29. The second-order valence-electron chi connectivity index (χ2n) is 7.70. The van der Waals surface area contributed by atoms with Crippen LogP contribution in [0.5, 0.6) is 0 Å². The standard InChI is InChI=1S/C21H26N8O2/c1-12-7-8-15(12)26-20(30)14-11-24-29-18(23-4)10-17(27-19(14)29)25-16-6-5-9-28(21(16)31)13(2)22-3/h5-6,9-12,15,23H,7-8H2,1-4H3,(H,25,27)(H,26,30)/t12-,15?/m1/s1. The summed E-state index contributed by atoms with van der Waals surface area (Å²) in [7, 11) is 3.39. The summed E-state index contributed by atoms with van der Waals surface area (Å²) in [6.07, 6.45) is 5.27. The molecule has 0 saturated heterocycles. The summed E-state index contributed by atoms with van der Waals surface area (Å²) in [6.45, 7) is 3.89. The van der Waals surface area contributed by atoms with Crippen molar-refractivity contribution in [3.8, 4) is 0 Å². The first-order chi connectivity index (χ1) is 14.9. The van der Waals surface area contributed by atoms with Crippen molar-refractivity contribution in [2.75, 3.05) is 24.7 Å². The lowest BCUT2D eigenvalue weighted by Crippen LogP contribution is -2.45. The number of carbonyl (C=O) groups is 1. The molecule has 0 spiro atoms. The van der Waals surface area contributed by atoms with Gasteiger partial charge >= 0.3 is 0 Å². The molecule has 1 saturated carbocycles. The predicted molar refractivity (Wildman–Crippen MR) is 121 cm³/mol. The van der Waals surface area contributed by atoms with Gasteiger partial charge in [0.1, 0.15) is 28.7 Å². The fourth-order valence-corrected chi connectivity index (χ4v) is 3.58. The predicted octanol–water partition coefficient (Wildman–Crippen LogP) is 2.10. The zero-order chi connectivity index (χ0) is 22.1. The van der Waals surface area contributed by atoms with E-state index in [9.17, 15) is 9.59 Å². The van der Waals surface area contributed by atoms with Crippen molar-refractivity contribution in [2.45, 2.75) is 32.7 Å². The van der Waals surface area contributed by atoms with E-state index in [4.69, 9.17) is 0 Å². The van der Waals surface area contributed by atoms with Crippen LogP contribution >= 0.6 is 0 Å². The number of nitrogens with zero attached hydrogens (tertiary/aromatic N) is 5. The molecule has 10 heteroatoms. The van der Waals surface area contributed by atoms with Crippen LogP contribution in [-0.2, 0) is 0 Å². The highest BCUT2D eigenvalue weighted by molar-refractivity contribution is 6.00. The van der Waals surface area contributed by atoms with Gasteiger partial charge in [0.05, 0.1) is 6.20 Å². The van der Waals surface area contributed by atoms with Gasteiger partial charge in [0, 0.05) is 32.4 Å². The van der Waals surface area contributed by atoms with Gasteiger partial charge in [0.2, 0.25) is 0 Å². The van der Waals surface area contributed by atoms with Crippen molar-refractivity contribution in [1.82, 2.24) is 24.5 Å². The molecule has 10 nitrogen and oxygen atoms in total. The summed E-state index contributed by atoms with van der Waals surface area (Å²) in [6, 6.07) is 5.34. The van der Waals surface area contributed by atoms with Crippen LogP contribution in [-0.4, -0.2) is 51.0 Å². The van der Waals surface area contributed by atoms with Gasteiger partial charge < -0.3 is 16.0 Å². The van der Waals surface area contributed by atoms with E-state index in [1.807, 2.05) is 0 Å². The number of amides is 1. The molecule has 0 aromatic carbocycles. The molecule has 31 heavy (non-hydrogen) atoms. The van der Waals surface area contributed by atoms with Crippen LogP contribution in [0.3, 0.4) is 0 Å². The van der Waals surface area contributed by atoms with Crippen molar-refractivity contribution >= 4 is 34.7 Å². The van der Waals surface area contributed by atoms with Crippen molar-refractivity contribution in [1.29, 1.82) is 0 Å². The first-order valence-corrected chi connectivity index (χ1v) is 10.2. The molecule has 1 unspecified atom stereocenters. The maximum atomic E-state index is 12.8. The Hall–Kier alpha value is -3.69. The van der Waals surface area contributed by atoms with Crippen LogP contribution in [0.4, 0.5) is 17.3 Å². The highest BCUT2D eigenvalue weighted by atomic mass is 16.2. The van der Waals surface area contributed by atoms with Crippen LogP contribution in [0, 0.1) is 5.92 Å². The molecule has 162 valence electrons. The molecular weight excluding hydrogens is 396 g/mol. The van der Waals surface area contributed by atoms with Gasteiger partial charge in [-0.1, -0.05) is 6.92 Å². The number of pyridine rings is 1. The Balaban J connectivity index is 1.71. The summed E-state index contributed by atoms with van der Waals surface area (Å²) in [5, 5.41) is 13.5. The molecule has 0 aliphatic heterocycles. The Morgan fingerprint density at radius 3 is 2.77 bits per heavy atom. The fraction of sp³-hybridized carbons (Fsp3) is 0.381. The largest absolute Gasteiger partial charge is 0.373 e. The van der Waals surface area contributed by atoms with Gasteiger partial charge in [-0.25, -0.2) is 4.98 Å². The van der Waals surface area contributed by atoms with Crippen LogP contribution < -0.4 is 21.5 Å². The van der Waals surface area contributed by atoms with Crippen LogP contribution in [0.15, 0.2) is 40.4 Å². The first-order valence-electron chi connectivity index (χ1n) is 10.2. The van der Waals surface area contributed by atoms with E-state index in [1.54, 1.807) is 49.9 Å². The summed E-state index contributed by atoms with van der Waals surface area (Å²) in [4.78, 5) is 34.3. The van der Waals surface area contributed by atoms with E-state index >= 15 is 0 Å². The molecule has 2 atom stereocenters. The molecule has 3 heterocycles. The molecule has 0 bridgehead atoms. The van der Waals surface area contributed by atoms with E-state index in [0.29, 0.717) is 40.3 Å². The van der Waals surface area contributed by atoms with E-state index in [0.717, 1.165) is 12.8 Å². The van der Waals surface area contributed by atoms with Crippen molar-refractivity contribution in [3.05, 3.63) is 46.5 Å². The summed E-state index contributed by atoms with van der Waals surface area (Å²) >= 11 is 0. The molecule has 4 rings (SSSR count). The topological polar surface area (TPSA) is 118 Å². The third-order valence-corrected chi connectivity index (χ3v) is 5.79. The first kappa shape index (κ1) is 20.6. The van der Waals surface area contributed by atoms with Crippen molar-refractivity contribution in [2.24, 2.45) is 10.9 Å². The summed E-state index contributed by atoms with van der Waals surface area (Å²) in [5.74, 6) is 1.90. The molecule has 3 aromatic heterocycles. The second-order valence-corrected chi connectivity index (χ2v) is 7.70. The van der Waals surface area contributed by atoms with Crippen LogP contribution in [0.1, 0.15) is 37.0 Å². The van der Waals surface area contributed by atoms with Gasteiger partial charge in [-0.05, 0) is 37.8 Å². The molecule has 1 fully saturated rings. The number of hydrogen-bond acceptors (Lipinski definition) is 7. The van der Waals surface area contributed by atoms with Gasteiger partial charge in [-0.15, -0.1) is 0 Å². The van der Waals surface area contributed by atoms with Crippen LogP contribution in [0.2, 0.25) is 0 Å². The quantitative estimate of drug-likeness (QED) is 0.428. The molecule has 0 radical (unpaired) electrons. The minimum atomic E-state index is -0.247. The number of hydrogen-bond donors (Lipinski definition) is 3. The van der Waals surface area contributed by atoms with Crippen molar-refractivity contribution < 1.29 is 4.79 Å². The van der Waals surface area contributed by atoms with Gasteiger partial charge in [-0.2, -0.15) is 9.61 Å². The summed E-state index contributed by atoms with van der Waals surface area (Å²) in [5.41, 5.74) is 0.891. The van der Waals surface area contributed by atoms with Gasteiger partial charge in [-0.3, -0.25) is 19.1 Å². The number of carbonyl (C=O) groups excluding carboxylic acids is 1. The maximum absolute atomic E-state index is 12.8. The van der Waals surface area contributed by atoms with E-state index in [2.05, 4.69) is 37.9 Å². The zero-order valence-corrected chi connectivity index (χ0v) is 18.0. The average Bonchev–Trinajstić information content (AvgIpc) is 3.20. The molecule has 3 aromatic rings. The number of rotatable bonds is 5.